The van der Waals surface area contributed by atoms with Gasteiger partial charge in [0.1, 0.15) is 0 Å². The van der Waals surface area contributed by atoms with E-state index in [1.165, 1.54) is 12.8 Å². The molecule has 0 saturated carbocycles. The molecule has 0 unspecified atom stereocenters. The van der Waals surface area contributed by atoms with Crippen molar-refractivity contribution in [3.8, 4) is 0 Å². The maximum Gasteiger partial charge on any atom is 0.253 e. The monoisotopic (exact) mass is 345 g/mol. The van der Waals surface area contributed by atoms with Crippen LogP contribution in [0.5, 0.6) is 0 Å². The van der Waals surface area contributed by atoms with Crippen LogP contribution in [0.4, 0.5) is 0 Å². The Bertz CT molecular complexity index is 711. The van der Waals surface area contributed by atoms with E-state index < -0.39 is 0 Å². The van der Waals surface area contributed by atoms with Gasteiger partial charge in [-0.15, -0.1) is 11.3 Å². The highest BCUT2D eigenvalue weighted by molar-refractivity contribution is 7.16. The van der Waals surface area contributed by atoms with E-state index >= 15 is 0 Å². The van der Waals surface area contributed by atoms with E-state index in [4.69, 9.17) is 4.74 Å². The van der Waals surface area contributed by atoms with Crippen LogP contribution in [0, 0.1) is 0 Å². The van der Waals surface area contributed by atoms with Gasteiger partial charge in [-0.25, -0.2) is 4.98 Å². The molecule has 24 heavy (non-hydrogen) atoms. The van der Waals surface area contributed by atoms with Crippen molar-refractivity contribution in [1.82, 2.24) is 14.8 Å². The van der Waals surface area contributed by atoms with Crippen LogP contribution in [0.25, 0.3) is 10.2 Å². The van der Waals surface area contributed by atoms with Crippen molar-refractivity contribution < 1.29 is 9.53 Å². The number of hydrogen-bond acceptors (Lipinski definition) is 5. The third kappa shape index (κ3) is 3.45. The average molecular weight is 345 g/mol. The summed E-state index contributed by atoms with van der Waals surface area (Å²) in [4.78, 5) is 21.6. The summed E-state index contributed by atoms with van der Waals surface area (Å²) in [7, 11) is 0. The van der Waals surface area contributed by atoms with Crippen molar-refractivity contribution in [2.24, 2.45) is 0 Å². The van der Waals surface area contributed by atoms with E-state index in [2.05, 4.69) is 9.88 Å². The van der Waals surface area contributed by atoms with Crippen molar-refractivity contribution >= 4 is 27.5 Å². The van der Waals surface area contributed by atoms with Crippen molar-refractivity contribution in [2.75, 3.05) is 39.3 Å². The summed E-state index contributed by atoms with van der Waals surface area (Å²) in [6.07, 6.45) is 3.78. The Balaban J connectivity index is 1.39. The Morgan fingerprint density at radius 1 is 1.25 bits per heavy atom. The number of rotatable bonds is 3. The van der Waals surface area contributed by atoms with Gasteiger partial charge < -0.3 is 9.64 Å². The molecule has 1 amide bonds. The standard InChI is InChI=1S/C18H23N3O2S/c22-18(14-4-5-16-17(11-14)24-13-19-16)21-7-2-6-20(8-9-21)12-15-3-1-10-23-15/h4-5,11,13,15H,1-3,6-10,12H2/t15-/m0/s1. The Labute approximate surface area is 146 Å². The third-order valence-corrected chi connectivity index (χ3v) is 5.73. The van der Waals surface area contributed by atoms with Gasteiger partial charge in [-0.1, -0.05) is 0 Å². The molecule has 1 aromatic heterocycles. The van der Waals surface area contributed by atoms with E-state index in [1.807, 2.05) is 28.6 Å². The predicted octanol–water partition coefficient (Wildman–Crippen LogP) is 2.62. The van der Waals surface area contributed by atoms with Crippen molar-refractivity contribution in [2.45, 2.75) is 25.4 Å². The lowest BCUT2D eigenvalue weighted by atomic mass is 10.2. The number of carbonyl (C=O) groups is 1. The van der Waals surface area contributed by atoms with Crippen LogP contribution in [-0.2, 0) is 4.74 Å². The zero-order chi connectivity index (χ0) is 16.4. The molecular formula is C18H23N3O2S. The first-order valence-electron chi connectivity index (χ1n) is 8.76. The topological polar surface area (TPSA) is 45.7 Å². The van der Waals surface area contributed by atoms with E-state index in [1.54, 1.807) is 11.3 Å². The summed E-state index contributed by atoms with van der Waals surface area (Å²) in [6, 6.07) is 5.82. The minimum atomic E-state index is 0.143. The third-order valence-electron chi connectivity index (χ3n) is 4.94. The first-order chi connectivity index (χ1) is 11.8. The molecule has 0 radical (unpaired) electrons. The molecule has 3 heterocycles. The molecule has 1 aromatic carbocycles. The Morgan fingerprint density at radius 2 is 2.21 bits per heavy atom. The van der Waals surface area contributed by atoms with Crippen LogP contribution < -0.4 is 0 Å². The molecule has 5 nitrogen and oxygen atoms in total. The molecule has 1 atom stereocenters. The Hall–Kier alpha value is -1.50. The van der Waals surface area contributed by atoms with Gasteiger partial charge in [-0.2, -0.15) is 0 Å². The van der Waals surface area contributed by atoms with Gasteiger partial charge in [0.2, 0.25) is 0 Å². The molecule has 2 aliphatic rings. The van der Waals surface area contributed by atoms with E-state index in [0.29, 0.717) is 6.10 Å². The normalized spacial score (nSPS) is 22.8. The number of benzene rings is 1. The predicted molar refractivity (Wildman–Crippen MR) is 95.6 cm³/mol. The van der Waals surface area contributed by atoms with Crippen LogP contribution in [0.1, 0.15) is 29.6 Å². The highest BCUT2D eigenvalue weighted by Crippen LogP contribution is 2.21. The van der Waals surface area contributed by atoms with E-state index in [-0.39, 0.29) is 5.91 Å². The fourth-order valence-electron chi connectivity index (χ4n) is 3.60. The number of nitrogens with zero attached hydrogens (tertiary/aromatic N) is 3. The highest BCUT2D eigenvalue weighted by Gasteiger charge is 2.24. The fraction of sp³-hybridized carbons (Fsp3) is 0.556. The molecule has 6 heteroatoms. The second-order valence-corrected chi connectivity index (χ2v) is 7.50. The number of amides is 1. The molecule has 0 spiro atoms. The number of aromatic nitrogens is 1. The number of thiazole rings is 1. The SMILES string of the molecule is O=C(c1ccc2ncsc2c1)N1CCCN(C[C@@H]2CCCO2)CC1. The number of hydrogen-bond donors (Lipinski definition) is 0. The van der Waals surface area contributed by atoms with Gasteiger partial charge in [0.15, 0.2) is 0 Å². The maximum absolute atomic E-state index is 12.8. The molecule has 2 aromatic rings. The molecular weight excluding hydrogens is 322 g/mol. The van der Waals surface area contributed by atoms with Gasteiger partial charge in [0, 0.05) is 38.3 Å². The van der Waals surface area contributed by atoms with Crippen LogP contribution in [0.15, 0.2) is 23.7 Å². The minimum Gasteiger partial charge on any atom is -0.377 e. The molecule has 2 aliphatic heterocycles. The van der Waals surface area contributed by atoms with Gasteiger partial charge in [-0.3, -0.25) is 9.69 Å². The molecule has 2 fully saturated rings. The zero-order valence-electron chi connectivity index (χ0n) is 13.8. The van der Waals surface area contributed by atoms with E-state index in [9.17, 15) is 4.79 Å². The molecule has 4 rings (SSSR count). The number of fused-ring (bicyclic) bond motifs is 1. The van der Waals surface area contributed by atoms with Crippen molar-refractivity contribution in [1.29, 1.82) is 0 Å². The lowest BCUT2D eigenvalue weighted by Gasteiger charge is -2.24. The lowest BCUT2D eigenvalue weighted by molar-refractivity contribution is 0.0704. The van der Waals surface area contributed by atoms with Crippen LogP contribution >= 0.6 is 11.3 Å². The van der Waals surface area contributed by atoms with Gasteiger partial charge >= 0.3 is 0 Å². The molecule has 2 saturated heterocycles. The Kier molecular flexibility index (Phi) is 4.78. The van der Waals surface area contributed by atoms with Gasteiger partial charge in [0.25, 0.3) is 5.91 Å². The zero-order valence-corrected chi connectivity index (χ0v) is 14.6. The Morgan fingerprint density at radius 3 is 3.08 bits per heavy atom. The first kappa shape index (κ1) is 16.0. The fourth-order valence-corrected chi connectivity index (χ4v) is 4.32. The van der Waals surface area contributed by atoms with Crippen molar-refractivity contribution in [3.05, 3.63) is 29.3 Å². The second-order valence-electron chi connectivity index (χ2n) is 6.62. The lowest BCUT2D eigenvalue weighted by Crippen LogP contribution is -2.37. The molecule has 0 aliphatic carbocycles. The van der Waals surface area contributed by atoms with Crippen LogP contribution in [-0.4, -0.2) is 66.1 Å². The van der Waals surface area contributed by atoms with Gasteiger partial charge in [-0.05, 0) is 44.0 Å². The van der Waals surface area contributed by atoms with E-state index in [0.717, 1.165) is 61.5 Å². The average Bonchev–Trinajstić information content (AvgIpc) is 3.22. The smallest absolute Gasteiger partial charge is 0.253 e. The second kappa shape index (κ2) is 7.17. The summed E-state index contributed by atoms with van der Waals surface area (Å²) in [5.41, 5.74) is 3.57. The summed E-state index contributed by atoms with van der Waals surface area (Å²) < 4.78 is 6.83. The minimum absolute atomic E-state index is 0.143. The maximum atomic E-state index is 12.8. The van der Waals surface area contributed by atoms with Crippen LogP contribution in [0.3, 0.4) is 0 Å². The van der Waals surface area contributed by atoms with Crippen molar-refractivity contribution in [3.63, 3.8) is 0 Å². The summed E-state index contributed by atoms with van der Waals surface area (Å²) in [5.74, 6) is 0.143. The van der Waals surface area contributed by atoms with Gasteiger partial charge in [0.05, 0.1) is 21.8 Å². The first-order valence-corrected chi connectivity index (χ1v) is 9.64. The quantitative estimate of drug-likeness (QED) is 0.858. The largest absolute Gasteiger partial charge is 0.377 e. The number of carbonyl (C=O) groups excluding carboxylic acids is 1. The summed E-state index contributed by atoms with van der Waals surface area (Å²) >= 11 is 1.58. The number of ether oxygens (including phenoxy) is 1. The highest BCUT2D eigenvalue weighted by atomic mass is 32.1. The molecule has 0 N–H and O–H groups in total. The molecule has 0 bridgehead atoms. The summed E-state index contributed by atoms with van der Waals surface area (Å²) in [6.45, 7) is 5.54. The molecule has 128 valence electrons. The van der Waals surface area contributed by atoms with Crippen LogP contribution in [0.2, 0.25) is 0 Å². The summed E-state index contributed by atoms with van der Waals surface area (Å²) in [5, 5.41) is 0.